The average Bonchev–Trinajstić information content (AvgIpc) is 3.21. The van der Waals surface area contributed by atoms with Gasteiger partial charge in [0.2, 0.25) is 0 Å². The van der Waals surface area contributed by atoms with Gasteiger partial charge in [0, 0.05) is 24.9 Å². The molecule has 0 amide bonds. The Balaban J connectivity index is 1.79. The Morgan fingerprint density at radius 3 is 2.96 bits per heavy atom. The van der Waals surface area contributed by atoms with Gasteiger partial charge < -0.3 is 10.1 Å². The maximum Gasteiger partial charge on any atom is 0.139 e. The van der Waals surface area contributed by atoms with Gasteiger partial charge in [-0.05, 0) is 43.5 Å². The van der Waals surface area contributed by atoms with Crippen molar-refractivity contribution in [2.75, 3.05) is 18.5 Å². The first kappa shape index (κ1) is 15.1. The molecule has 1 fully saturated rings. The number of nitrogens with zero attached hydrogens (tertiary/aromatic N) is 2. The second kappa shape index (κ2) is 6.24. The molecule has 2 aromatic heterocycles. The van der Waals surface area contributed by atoms with Crippen molar-refractivity contribution in [1.82, 2.24) is 9.38 Å². The number of rotatable bonds is 4. The lowest BCUT2D eigenvalue weighted by Crippen LogP contribution is -2.19. The van der Waals surface area contributed by atoms with Crippen LogP contribution in [0.25, 0.3) is 16.9 Å². The third kappa shape index (κ3) is 2.76. The van der Waals surface area contributed by atoms with Gasteiger partial charge in [0.25, 0.3) is 0 Å². The van der Waals surface area contributed by atoms with Crippen molar-refractivity contribution in [2.45, 2.75) is 25.9 Å². The Morgan fingerprint density at radius 1 is 1.29 bits per heavy atom. The number of ether oxygens (including phenoxy) is 1. The van der Waals surface area contributed by atoms with E-state index in [0.717, 1.165) is 36.5 Å². The number of hydrogen-bond acceptors (Lipinski definition) is 3. The van der Waals surface area contributed by atoms with Crippen molar-refractivity contribution >= 4 is 11.5 Å². The summed E-state index contributed by atoms with van der Waals surface area (Å²) in [6.07, 6.45) is 4.37. The van der Waals surface area contributed by atoms with Crippen molar-refractivity contribution in [3.8, 4) is 11.3 Å². The second-order valence-electron chi connectivity index (χ2n) is 6.24. The molecule has 0 aliphatic carbocycles. The fourth-order valence-electron chi connectivity index (χ4n) is 3.18. The zero-order chi connectivity index (χ0) is 16.5. The smallest absolute Gasteiger partial charge is 0.139 e. The Labute approximate surface area is 140 Å². The lowest BCUT2D eigenvalue weighted by atomic mass is 10.1. The lowest BCUT2D eigenvalue weighted by molar-refractivity contribution is 0.120. The van der Waals surface area contributed by atoms with Crippen LogP contribution < -0.4 is 5.32 Å². The average molecular weight is 325 g/mol. The molecule has 4 rings (SSSR count). The minimum Gasteiger partial charge on any atom is -0.376 e. The summed E-state index contributed by atoms with van der Waals surface area (Å²) in [7, 11) is 0. The van der Waals surface area contributed by atoms with E-state index in [4.69, 9.17) is 4.74 Å². The number of anilines is 1. The van der Waals surface area contributed by atoms with Gasteiger partial charge in [-0.25, -0.2) is 9.37 Å². The van der Waals surface area contributed by atoms with Crippen LogP contribution in [0.15, 0.2) is 42.6 Å². The van der Waals surface area contributed by atoms with E-state index < -0.39 is 0 Å². The molecule has 124 valence electrons. The van der Waals surface area contributed by atoms with Gasteiger partial charge in [-0.3, -0.25) is 4.40 Å². The van der Waals surface area contributed by atoms with E-state index in [9.17, 15) is 4.39 Å². The summed E-state index contributed by atoms with van der Waals surface area (Å²) in [6.45, 7) is 3.55. The molecule has 0 spiro atoms. The van der Waals surface area contributed by atoms with Gasteiger partial charge in [0.1, 0.15) is 23.0 Å². The van der Waals surface area contributed by atoms with Crippen LogP contribution in [0.5, 0.6) is 0 Å². The molecule has 24 heavy (non-hydrogen) atoms. The van der Waals surface area contributed by atoms with E-state index in [-0.39, 0.29) is 11.9 Å². The van der Waals surface area contributed by atoms with Crippen molar-refractivity contribution in [2.24, 2.45) is 0 Å². The Hall–Kier alpha value is -2.40. The fourth-order valence-corrected chi connectivity index (χ4v) is 3.18. The summed E-state index contributed by atoms with van der Waals surface area (Å²) in [5.74, 6) is 0.548. The maximum atomic E-state index is 14.3. The van der Waals surface area contributed by atoms with E-state index in [0.29, 0.717) is 17.8 Å². The van der Waals surface area contributed by atoms with Crippen molar-refractivity contribution < 1.29 is 9.13 Å². The highest BCUT2D eigenvalue weighted by molar-refractivity contribution is 5.77. The SMILES string of the molecule is Cc1ccc2nc(-c3ccccc3F)c(NC[C@H]3CCCO3)n2c1. The molecule has 0 bridgehead atoms. The quantitative estimate of drug-likeness (QED) is 0.787. The maximum absolute atomic E-state index is 14.3. The Morgan fingerprint density at radius 2 is 2.17 bits per heavy atom. The molecule has 4 nitrogen and oxygen atoms in total. The number of nitrogens with one attached hydrogen (secondary N) is 1. The van der Waals surface area contributed by atoms with Crippen LogP contribution in [-0.4, -0.2) is 28.6 Å². The summed E-state index contributed by atoms with van der Waals surface area (Å²) < 4.78 is 22.0. The number of hydrogen-bond donors (Lipinski definition) is 1. The van der Waals surface area contributed by atoms with E-state index in [1.165, 1.54) is 6.07 Å². The first-order chi connectivity index (χ1) is 11.7. The number of halogens is 1. The van der Waals surface area contributed by atoms with Crippen LogP contribution in [0.1, 0.15) is 18.4 Å². The van der Waals surface area contributed by atoms with Crippen LogP contribution in [0, 0.1) is 12.7 Å². The minimum absolute atomic E-state index is 0.203. The highest BCUT2D eigenvalue weighted by Gasteiger charge is 2.20. The molecule has 0 unspecified atom stereocenters. The van der Waals surface area contributed by atoms with Crippen molar-refractivity contribution in [1.29, 1.82) is 0 Å². The largest absolute Gasteiger partial charge is 0.376 e. The van der Waals surface area contributed by atoms with E-state index in [1.54, 1.807) is 12.1 Å². The molecule has 1 aromatic carbocycles. The standard InChI is InChI=1S/C19H20FN3O/c1-13-8-9-17-22-18(15-6-2-3-7-16(15)20)19(23(17)12-13)21-11-14-5-4-10-24-14/h2-3,6-9,12,14,21H,4-5,10-11H2,1H3/t14-/m1/s1. The normalized spacial score (nSPS) is 17.5. The third-order valence-corrected chi connectivity index (χ3v) is 4.42. The molecule has 5 heteroatoms. The Bertz CT molecular complexity index is 868. The van der Waals surface area contributed by atoms with E-state index in [2.05, 4.69) is 10.3 Å². The molecular weight excluding hydrogens is 305 g/mol. The number of pyridine rings is 1. The topological polar surface area (TPSA) is 38.6 Å². The highest BCUT2D eigenvalue weighted by Crippen LogP contribution is 2.31. The summed E-state index contributed by atoms with van der Waals surface area (Å²) in [5.41, 5.74) is 3.07. The Kier molecular flexibility index (Phi) is 3.94. The minimum atomic E-state index is -0.266. The van der Waals surface area contributed by atoms with Crippen LogP contribution in [0.2, 0.25) is 0 Å². The predicted molar refractivity (Wildman–Crippen MR) is 92.8 cm³/mol. The number of benzene rings is 1. The molecule has 3 heterocycles. The highest BCUT2D eigenvalue weighted by atomic mass is 19.1. The van der Waals surface area contributed by atoms with Gasteiger partial charge in [0.05, 0.1) is 6.10 Å². The van der Waals surface area contributed by atoms with E-state index >= 15 is 0 Å². The van der Waals surface area contributed by atoms with Gasteiger partial charge in [-0.1, -0.05) is 18.2 Å². The van der Waals surface area contributed by atoms with Crippen molar-refractivity contribution in [3.05, 3.63) is 54.0 Å². The molecule has 1 saturated heterocycles. The number of aryl methyl sites for hydroxylation is 1. The number of imidazole rings is 1. The predicted octanol–water partition coefficient (Wildman–Crippen LogP) is 4.04. The first-order valence-corrected chi connectivity index (χ1v) is 8.31. The van der Waals surface area contributed by atoms with Crippen LogP contribution >= 0.6 is 0 Å². The summed E-state index contributed by atoms with van der Waals surface area (Å²) >= 11 is 0. The molecule has 1 N–H and O–H groups in total. The number of aromatic nitrogens is 2. The van der Waals surface area contributed by atoms with Crippen LogP contribution in [-0.2, 0) is 4.74 Å². The monoisotopic (exact) mass is 325 g/mol. The molecule has 1 aliphatic heterocycles. The number of fused-ring (bicyclic) bond motifs is 1. The summed E-state index contributed by atoms with van der Waals surface area (Å²) in [5, 5.41) is 3.44. The molecule has 0 radical (unpaired) electrons. The zero-order valence-electron chi connectivity index (χ0n) is 13.6. The second-order valence-corrected chi connectivity index (χ2v) is 6.24. The van der Waals surface area contributed by atoms with Gasteiger partial charge in [0.15, 0.2) is 0 Å². The molecular formula is C19H20FN3O. The van der Waals surface area contributed by atoms with Gasteiger partial charge >= 0.3 is 0 Å². The fraction of sp³-hybridized carbons (Fsp3) is 0.316. The van der Waals surface area contributed by atoms with E-state index in [1.807, 2.05) is 35.7 Å². The molecule has 3 aromatic rings. The first-order valence-electron chi connectivity index (χ1n) is 8.31. The zero-order valence-corrected chi connectivity index (χ0v) is 13.6. The molecule has 1 atom stereocenters. The van der Waals surface area contributed by atoms with Gasteiger partial charge in [-0.15, -0.1) is 0 Å². The molecule has 1 aliphatic rings. The van der Waals surface area contributed by atoms with Crippen molar-refractivity contribution in [3.63, 3.8) is 0 Å². The van der Waals surface area contributed by atoms with Crippen LogP contribution in [0.3, 0.4) is 0 Å². The van der Waals surface area contributed by atoms with Crippen LogP contribution in [0.4, 0.5) is 10.2 Å². The van der Waals surface area contributed by atoms with Gasteiger partial charge in [-0.2, -0.15) is 0 Å². The third-order valence-electron chi connectivity index (χ3n) is 4.42. The summed E-state index contributed by atoms with van der Waals surface area (Å²) in [6, 6.07) is 10.7. The molecule has 0 saturated carbocycles. The lowest BCUT2D eigenvalue weighted by Gasteiger charge is -2.13. The summed E-state index contributed by atoms with van der Waals surface area (Å²) in [4.78, 5) is 4.65.